The summed E-state index contributed by atoms with van der Waals surface area (Å²) in [6.07, 6.45) is 0.744. The zero-order chi connectivity index (χ0) is 18.6. The van der Waals surface area contributed by atoms with Crippen molar-refractivity contribution in [2.24, 2.45) is 0 Å². The third kappa shape index (κ3) is 4.70. The van der Waals surface area contributed by atoms with Crippen molar-refractivity contribution in [1.82, 2.24) is 5.32 Å². The first-order valence-electron chi connectivity index (χ1n) is 7.62. The average molecular weight is 385 g/mol. The van der Waals surface area contributed by atoms with E-state index >= 15 is 0 Å². The Morgan fingerprint density at radius 1 is 1.24 bits per heavy atom. The van der Waals surface area contributed by atoms with Gasteiger partial charge in [0.1, 0.15) is 5.82 Å². The highest BCUT2D eigenvalue weighted by Gasteiger charge is 2.20. The van der Waals surface area contributed by atoms with Gasteiger partial charge < -0.3 is 5.32 Å². The first-order chi connectivity index (χ1) is 11.7. The Bertz CT molecular complexity index is 887. The standard InChI is InChI=1S/C17H18ClFN2O3S/c1-3-11(2)20-17(22)13-6-4-5-7-16(13)21-25(23,24)12-8-9-15(19)14(18)10-12/h4-11,21H,3H2,1-2H3,(H,20,22)/t11-/m0/s1. The third-order valence-electron chi connectivity index (χ3n) is 3.61. The van der Waals surface area contributed by atoms with E-state index in [2.05, 4.69) is 10.0 Å². The Labute approximate surface area is 151 Å². The first-order valence-corrected chi connectivity index (χ1v) is 9.48. The van der Waals surface area contributed by atoms with Crippen molar-refractivity contribution in [3.63, 3.8) is 0 Å². The van der Waals surface area contributed by atoms with Gasteiger partial charge in [0.2, 0.25) is 0 Å². The quantitative estimate of drug-likeness (QED) is 0.795. The van der Waals surface area contributed by atoms with Crippen molar-refractivity contribution in [2.75, 3.05) is 4.72 Å². The largest absolute Gasteiger partial charge is 0.350 e. The number of nitrogens with one attached hydrogen (secondary N) is 2. The van der Waals surface area contributed by atoms with Gasteiger partial charge >= 0.3 is 0 Å². The molecule has 0 fully saturated rings. The molecule has 2 N–H and O–H groups in total. The minimum atomic E-state index is -4.02. The highest BCUT2D eigenvalue weighted by Crippen LogP contribution is 2.23. The predicted molar refractivity (Wildman–Crippen MR) is 95.9 cm³/mol. The molecule has 0 aliphatic rings. The molecule has 0 saturated heterocycles. The van der Waals surface area contributed by atoms with Crippen LogP contribution in [0.2, 0.25) is 5.02 Å². The van der Waals surface area contributed by atoms with Gasteiger partial charge in [-0.1, -0.05) is 30.7 Å². The van der Waals surface area contributed by atoms with Crippen LogP contribution >= 0.6 is 11.6 Å². The maximum Gasteiger partial charge on any atom is 0.261 e. The highest BCUT2D eigenvalue weighted by molar-refractivity contribution is 7.92. The maximum absolute atomic E-state index is 13.2. The molecule has 0 aromatic heterocycles. The summed E-state index contributed by atoms with van der Waals surface area (Å²) in [6, 6.07) is 9.29. The van der Waals surface area contributed by atoms with E-state index < -0.39 is 15.8 Å². The number of para-hydroxylation sites is 1. The van der Waals surface area contributed by atoms with Gasteiger partial charge in [0.25, 0.3) is 15.9 Å². The van der Waals surface area contributed by atoms with E-state index in [4.69, 9.17) is 11.6 Å². The van der Waals surface area contributed by atoms with Crippen LogP contribution in [-0.4, -0.2) is 20.4 Å². The van der Waals surface area contributed by atoms with E-state index in [1.807, 2.05) is 13.8 Å². The number of rotatable bonds is 6. The smallest absolute Gasteiger partial charge is 0.261 e. The van der Waals surface area contributed by atoms with Gasteiger partial charge in [-0.25, -0.2) is 12.8 Å². The second-order valence-electron chi connectivity index (χ2n) is 5.51. The maximum atomic E-state index is 13.2. The zero-order valence-corrected chi connectivity index (χ0v) is 15.3. The van der Waals surface area contributed by atoms with Crippen LogP contribution in [0.5, 0.6) is 0 Å². The SMILES string of the molecule is CC[C@H](C)NC(=O)c1ccccc1NS(=O)(=O)c1ccc(F)c(Cl)c1. The van der Waals surface area contributed by atoms with Crippen LogP contribution in [0.25, 0.3) is 0 Å². The van der Waals surface area contributed by atoms with Gasteiger partial charge in [-0.3, -0.25) is 9.52 Å². The molecule has 0 spiro atoms. The molecule has 25 heavy (non-hydrogen) atoms. The minimum absolute atomic E-state index is 0.0481. The molecule has 2 aromatic carbocycles. The number of hydrogen-bond donors (Lipinski definition) is 2. The molecule has 0 unspecified atom stereocenters. The number of carbonyl (C=O) groups excluding carboxylic acids is 1. The van der Waals surface area contributed by atoms with E-state index in [9.17, 15) is 17.6 Å². The lowest BCUT2D eigenvalue weighted by atomic mass is 10.1. The normalized spacial score (nSPS) is 12.5. The molecular formula is C17H18ClFN2O3S. The lowest BCUT2D eigenvalue weighted by Crippen LogP contribution is -2.32. The summed E-state index contributed by atoms with van der Waals surface area (Å²) in [7, 11) is -4.02. The second kappa shape index (κ2) is 7.84. The molecule has 2 rings (SSSR count). The molecule has 2 aromatic rings. The average Bonchev–Trinajstić information content (AvgIpc) is 2.57. The molecule has 5 nitrogen and oxygen atoms in total. The Kier molecular flexibility index (Phi) is 6.02. The molecule has 1 atom stereocenters. The number of hydrogen-bond acceptors (Lipinski definition) is 3. The number of halogens is 2. The molecule has 1 amide bonds. The summed E-state index contributed by atoms with van der Waals surface area (Å²) in [5, 5.41) is 2.48. The number of benzene rings is 2. The van der Waals surface area contributed by atoms with Crippen molar-refractivity contribution in [3.8, 4) is 0 Å². The molecule has 8 heteroatoms. The second-order valence-corrected chi connectivity index (χ2v) is 7.60. The lowest BCUT2D eigenvalue weighted by Gasteiger charge is -2.15. The van der Waals surface area contributed by atoms with E-state index in [1.54, 1.807) is 12.1 Å². The summed E-state index contributed by atoms with van der Waals surface area (Å²) in [4.78, 5) is 12.1. The number of sulfonamides is 1. The van der Waals surface area contributed by atoms with Crippen LogP contribution < -0.4 is 10.0 Å². The van der Waals surface area contributed by atoms with Crippen LogP contribution in [-0.2, 0) is 10.0 Å². The third-order valence-corrected chi connectivity index (χ3v) is 5.26. The summed E-state index contributed by atoms with van der Waals surface area (Å²) < 4.78 is 40.6. The van der Waals surface area contributed by atoms with E-state index in [0.717, 1.165) is 24.6 Å². The molecule has 0 bridgehead atoms. The Balaban J connectivity index is 2.33. The Hall–Kier alpha value is -2.12. The van der Waals surface area contributed by atoms with E-state index in [1.165, 1.54) is 12.1 Å². The summed E-state index contributed by atoms with van der Waals surface area (Å²) >= 11 is 5.65. The van der Waals surface area contributed by atoms with Gasteiger partial charge in [-0.2, -0.15) is 0 Å². The van der Waals surface area contributed by atoms with Gasteiger partial charge in [-0.05, 0) is 43.7 Å². The van der Waals surface area contributed by atoms with Gasteiger partial charge in [0, 0.05) is 6.04 Å². The van der Waals surface area contributed by atoms with E-state index in [-0.39, 0.29) is 33.1 Å². The number of amides is 1. The van der Waals surface area contributed by atoms with Crippen molar-refractivity contribution >= 4 is 33.2 Å². The summed E-state index contributed by atoms with van der Waals surface area (Å²) in [5.41, 5.74) is 0.323. The number of anilines is 1. The molecule has 0 heterocycles. The van der Waals surface area contributed by atoms with Crippen molar-refractivity contribution < 1.29 is 17.6 Å². The summed E-state index contributed by atoms with van der Waals surface area (Å²) in [6.45, 7) is 3.78. The fourth-order valence-electron chi connectivity index (χ4n) is 2.02. The monoisotopic (exact) mass is 384 g/mol. The van der Waals surface area contributed by atoms with E-state index in [0.29, 0.717) is 0 Å². The fraction of sp³-hybridized carbons (Fsp3) is 0.235. The Morgan fingerprint density at radius 3 is 2.56 bits per heavy atom. The van der Waals surface area contributed by atoms with Crippen molar-refractivity contribution in [2.45, 2.75) is 31.2 Å². The van der Waals surface area contributed by atoms with Crippen molar-refractivity contribution in [1.29, 1.82) is 0 Å². The van der Waals surface area contributed by atoms with Crippen LogP contribution in [0.4, 0.5) is 10.1 Å². The molecule has 0 saturated carbocycles. The summed E-state index contributed by atoms with van der Waals surface area (Å²) in [5.74, 6) is -1.10. The van der Waals surface area contributed by atoms with Crippen LogP contribution in [0.15, 0.2) is 47.4 Å². The molecular weight excluding hydrogens is 367 g/mol. The predicted octanol–water partition coefficient (Wildman–Crippen LogP) is 3.81. The number of carbonyl (C=O) groups is 1. The first kappa shape index (κ1) is 19.2. The fourth-order valence-corrected chi connectivity index (χ4v) is 3.37. The molecule has 134 valence electrons. The van der Waals surface area contributed by atoms with Crippen LogP contribution in [0.1, 0.15) is 30.6 Å². The highest BCUT2D eigenvalue weighted by atomic mass is 35.5. The Morgan fingerprint density at radius 2 is 1.92 bits per heavy atom. The van der Waals surface area contributed by atoms with Gasteiger partial charge in [-0.15, -0.1) is 0 Å². The topological polar surface area (TPSA) is 75.3 Å². The van der Waals surface area contributed by atoms with Gasteiger partial charge in [0.05, 0.1) is 21.2 Å². The van der Waals surface area contributed by atoms with Gasteiger partial charge in [0.15, 0.2) is 0 Å². The molecule has 0 aliphatic heterocycles. The zero-order valence-electron chi connectivity index (χ0n) is 13.7. The van der Waals surface area contributed by atoms with Crippen LogP contribution in [0, 0.1) is 5.82 Å². The van der Waals surface area contributed by atoms with Crippen LogP contribution in [0.3, 0.4) is 0 Å². The van der Waals surface area contributed by atoms with Crippen molar-refractivity contribution in [3.05, 3.63) is 58.9 Å². The lowest BCUT2D eigenvalue weighted by molar-refractivity contribution is 0.0940. The molecule has 0 aliphatic carbocycles. The molecule has 0 radical (unpaired) electrons. The minimum Gasteiger partial charge on any atom is -0.350 e.